The Morgan fingerprint density at radius 1 is 0.893 bits per heavy atom. The van der Waals surface area contributed by atoms with Crippen LogP contribution in [-0.2, 0) is 4.79 Å². The molecule has 0 bridgehead atoms. The Morgan fingerprint density at radius 3 is 2.18 bits per heavy atom. The number of hydrogen-bond acceptors (Lipinski definition) is 3. The molecule has 0 aromatic carbocycles. The number of nitrogens with zero attached hydrogens (tertiary/aromatic N) is 3. The van der Waals surface area contributed by atoms with Crippen LogP contribution in [0.25, 0.3) is 0 Å². The van der Waals surface area contributed by atoms with E-state index in [2.05, 4.69) is 5.32 Å². The topological polar surface area (TPSA) is 55.9 Å². The second-order valence-electron chi connectivity index (χ2n) is 8.41. The number of nitrogens with one attached hydrogen (secondary N) is 1. The standard InChI is InChI=1S/C19H31F3N4O2/c20-19(21,22)14-24-8-3-16(13-24)12-23-18(28)26-9-4-15(5-10-26)11-17(27)25-6-1-2-7-25/h15-16H,1-14H2,(H,23,28). The highest BCUT2D eigenvalue weighted by Gasteiger charge is 2.34. The van der Waals surface area contributed by atoms with Crippen LogP contribution in [-0.4, -0.2) is 85.2 Å². The minimum absolute atomic E-state index is 0.0712. The normalized spacial score (nSPS) is 24.8. The largest absolute Gasteiger partial charge is 0.401 e. The number of carbonyl (C=O) groups is 2. The van der Waals surface area contributed by atoms with E-state index in [9.17, 15) is 22.8 Å². The van der Waals surface area contributed by atoms with Gasteiger partial charge in [0.05, 0.1) is 6.54 Å². The number of urea groups is 1. The SMILES string of the molecule is O=C(CC1CCN(C(=O)NCC2CCN(CC(F)(F)F)C2)CC1)N1CCCC1. The van der Waals surface area contributed by atoms with Gasteiger partial charge < -0.3 is 15.1 Å². The summed E-state index contributed by atoms with van der Waals surface area (Å²) in [4.78, 5) is 29.7. The Balaban J connectivity index is 1.31. The summed E-state index contributed by atoms with van der Waals surface area (Å²) >= 11 is 0. The molecule has 0 aliphatic carbocycles. The first kappa shape index (κ1) is 21.2. The second-order valence-corrected chi connectivity index (χ2v) is 8.41. The molecule has 0 saturated carbocycles. The van der Waals surface area contributed by atoms with Gasteiger partial charge in [0.1, 0.15) is 0 Å². The molecule has 3 aliphatic heterocycles. The molecule has 0 aromatic rings. The summed E-state index contributed by atoms with van der Waals surface area (Å²) in [6, 6.07) is -0.140. The Morgan fingerprint density at radius 2 is 1.54 bits per heavy atom. The van der Waals surface area contributed by atoms with Gasteiger partial charge in [0.2, 0.25) is 5.91 Å². The summed E-state index contributed by atoms with van der Waals surface area (Å²) in [6.07, 6.45) is 0.937. The van der Waals surface area contributed by atoms with Crippen molar-refractivity contribution in [3.8, 4) is 0 Å². The highest BCUT2D eigenvalue weighted by molar-refractivity contribution is 5.77. The van der Waals surface area contributed by atoms with E-state index in [0.29, 0.717) is 51.5 Å². The van der Waals surface area contributed by atoms with Crippen molar-refractivity contribution in [3.05, 3.63) is 0 Å². The van der Waals surface area contributed by atoms with Crippen molar-refractivity contribution < 1.29 is 22.8 Å². The van der Waals surface area contributed by atoms with Crippen LogP contribution in [0.2, 0.25) is 0 Å². The molecule has 1 N–H and O–H groups in total. The average molecular weight is 404 g/mol. The number of piperidine rings is 1. The summed E-state index contributed by atoms with van der Waals surface area (Å²) in [5.41, 5.74) is 0. The van der Waals surface area contributed by atoms with E-state index in [1.165, 1.54) is 4.90 Å². The van der Waals surface area contributed by atoms with E-state index < -0.39 is 12.7 Å². The second kappa shape index (κ2) is 9.33. The summed E-state index contributed by atoms with van der Waals surface area (Å²) in [5, 5.41) is 2.88. The number of alkyl halides is 3. The molecule has 160 valence electrons. The van der Waals surface area contributed by atoms with Gasteiger partial charge in [-0.1, -0.05) is 0 Å². The summed E-state index contributed by atoms with van der Waals surface area (Å²) in [7, 11) is 0. The van der Waals surface area contributed by atoms with Crippen LogP contribution < -0.4 is 5.32 Å². The van der Waals surface area contributed by atoms with Crippen LogP contribution in [0.15, 0.2) is 0 Å². The van der Waals surface area contributed by atoms with Gasteiger partial charge in [-0.2, -0.15) is 13.2 Å². The molecule has 3 aliphatic rings. The fraction of sp³-hybridized carbons (Fsp3) is 0.895. The van der Waals surface area contributed by atoms with Crippen molar-refractivity contribution in [2.75, 3.05) is 52.4 Å². The van der Waals surface area contributed by atoms with E-state index >= 15 is 0 Å². The van der Waals surface area contributed by atoms with Gasteiger partial charge >= 0.3 is 12.2 Å². The number of hydrogen-bond donors (Lipinski definition) is 1. The van der Waals surface area contributed by atoms with Crippen molar-refractivity contribution >= 4 is 11.9 Å². The third-order valence-electron chi connectivity index (χ3n) is 6.14. The van der Waals surface area contributed by atoms with Gasteiger partial charge in [-0.05, 0) is 50.5 Å². The first-order valence-corrected chi connectivity index (χ1v) is 10.4. The van der Waals surface area contributed by atoms with Gasteiger partial charge in [-0.25, -0.2) is 4.79 Å². The predicted molar refractivity (Wildman–Crippen MR) is 98.7 cm³/mol. The van der Waals surface area contributed by atoms with E-state index in [-0.39, 0.29) is 17.9 Å². The molecule has 3 saturated heterocycles. The zero-order chi connectivity index (χ0) is 20.1. The average Bonchev–Trinajstić information content (AvgIpc) is 3.31. The van der Waals surface area contributed by atoms with Gasteiger partial charge in [0.25, 0.3) is 0 Å². The van der Waals surface area contributed by atoms with Gasteiger partial charge in [0.15, 0.2) is 0 Å². The molecule has 1 unspecified atom stereocenters. The monoisotopic (exact) mass is 404 g/mol. The van der Waals surface area contributed by atoms with Crippen LogP contribution in [0.1, 0.15) is 38.5 Å². The smallest absolute Gasteiger partial charge is 0.343 e. The molecule has 3 rings (SSSR count). The Kier molecular flexibility index (Phi) is 7.06. The Bertz CT molecular complexity index is 544. The zero-order valence-electron chi connectivity index (χ0n) is 16.3. The lowest BCUT2D eigenvalue weighted by atomic mass is 9.93. The first-order chi connectivity index (χ1) is 13.3. The molecule has 1 atom stereocenters. The van der Waals surface area contributed by atoms with Crippen LogP contribution in [0, 0.1) is 11.8 Å². The minimum Gasteiger partial charge on any atom is -0.343 e. The van der Waals surface area contributed by atoms with Gasteiger partial charge in [-0.3, -0.25) is 9.69 Å². The highest BCUT2D eigenvalue weighted by Crippen LogP contribution is 2.24. The molecule has 3 amide bonds. The lowest BCUT2D eigenvalue weighted by Gasteiger charge is -2.32. The minimum atomic E-state index is -4.17. The predicted octanol–water partition coefficient (Wildman–Crippen LogP) is 2.30. The van der Waals surface area contributed by atoms with Crippen LogP contribution in [0.5, 0.6) is 0 Å². The molecule has 3 fully saturated rings. The first-order valence-electron chi connectivity index (χ1n) is 10.4. The maximum Gasteiger partial charge on any atom is 0.401 e. The maximum absolute atomic E-state index is 12.4. The van der Waals surface area contributed by atoms with Crippen LogP contribution in [0.4, 0.5) is 18.0 Å². The highest BCUT2D eigenvalue weighted by atomic mass is 19.4. The molecular weight excluding hydrogens is 373 g/mol. The molecule has 0 spiro atoms. The number of carbonyl (C=O) groups excluding carboxylic acids is 2. The number of rotatable bonds is 5. The lowest BCUT2D eigenvalue weighted by molar-refractivity contribution is -0.143. The number of likely N-dealkylation sites (tertiary alicyclic amines) is 3. The van der Waals surface area contributed by atoms with E-state index in [1.54, 1.807) is 4.90 Å². The van der Waals surface area contributed by atoms with Gasteiger partial charge in [-0.15, -0.1) is 0 Å². The lowest BCUT2D eigenvalue weighted by Crippen LogP contribution is -2.46. The molecule has 3 heterocycles. The van der Waals surface area contributed by atoms with E-state index in [0.717, 1.165) is 38.8 Å². The molecule has 6 nitrogen and oxygen atoms in total. The molecule has 0 radical (unpaired) electrons. The van der Waals surface area contributed by atoms with Crippen LogP contribution in [0.3, 0.4) is 0 Å². The maximum atomic E-state index is 12.4. The summed E-state index contributed by atoms with van der Waals surface area (Å²) < 4.78 is 37.3. The van der Waals surface area contributed by atoms with Crippen molar-refractivity contribution in [1.29, 1.82) is 0 Å². The molecule has 28 heavy (non-hydrogen) atoms. The van der Waals surface area contributed by atoms with Crippen molar-refractivity contribution in [1.82, 2.24) is 20.0 Å². The van der Waals surface area contributed by atoms with Crippen molar-refractivity contribution in [3.63, 3.8) is 0 Å². The fourth-order valence-electron chi connectivity index (χ4n) is 4.50. The number of halogens is 3. The molecular formula is C19H31F3N4O2. The van der Waals surface area contributed by atoms with Gasteiger partial charge in [0, 0.05) is 45.7 Å². The zero-order valence-corrected chi connectivity index (χ0v) is 16.3. The quantitative estimate of drug-likeness (QED) is 0.765. The van der Waals surface area contributed by atoms with E-state index in [1.807, 2.05) is 4.90 Å². The molecule has 9 heteroatoms. The summed E-state index contributed by atoms with van der Waals surface area (Å²) in [6.45, 7) is 3.37. The van der Waals surface area contributed by atoms with Crippen LogP contribution >= 0.6 is 0 Å². The van der Waals surface area contributed by atoms with Crippen molar-refractivity contribution in [2.45, 2.75) is 44.7 Å². The van der Waals surface area contributed by atoms with Crippen molar-refractivity contribution in [2.24, 2.45) is 11.8 Å². The fourth-order valence-corrected chi connectivity index (χ4v) is 4.50. The third kappa shape index (κ3) is 6.25. The summed E-state index contributed by atoms with van der Waals surface area (Å²) in [5.74, 6) is 0.648. The number of amides is 3. The van der Waals surface area contributed by atoms with E-state index in [4.69, 9.17) is 0 Å². The Labute approximate surface area is 164 Å². The third-order valence-corrected chi connectivity index (χ3v) is 6.14. The Hall–Kier alpha value is -1.51. The molecule has 0 aromatic heterocycles.